The zero-order valence-corrected chi connectivity index (χ0v) is 12.9. The van der Waals surface area contributed by atoms with Crippen LogP contribution in [0.3, 0.4) is 0 Å². The third-order valence-corrected chi connectivity index (χ3v) is 4.14. The molecule has 0 bridgehead atoms. The first-order chi connectivity index (χ1) is 10.8. The lowest BCUT2D eigenvalue weighted by atomic mass is 9.99. The molecule has 2 aliphatic rings. The van der Waals surface area contributed by atoms with E-state index in [1.165, 1.54) is 18.4 Å². The summed E-state index contributed by atoms with van der Waals surface area (Å²) >= 11 is 0. The maximum atomic E-state index is 12.0. The number of allylic oxidation sites excluding steroid dienone is 1. The Morgan fingerprint density at radius 1 is 1.14 bits per heavy atom. The van der Waals surface area contributed by atoms with Crippen molar-refractivity contribution in [2.45, 2.75) is 38.5 Å². The minimum atomic E-state index is 0.112. The van der Waals surface area contributed by atoms with Gasteiger partial charge in [-0.2, -0.15) is 0 Å². The summed E-state index contributed by atoms with van der Waals surface area (Å²) in [6, 6.07) is 5.91. The standard InChI is InChI=1S/C18H23NO3/c20-18(19-13-15-4-2-1-3-5-15)9-7-14-6-8-16-17(12-14)22-11-10-21-16/h4,6,8,12H,1-3,5,7,9-11,13H2,(H,19,20). The van der Waals surface area contributed by atoms with Gasteiger partial charge in [-0.15, -0.1) is 0 Å². The summed E-state index contributed by atoms with van der Waals surface area (Å²) < 4.78 is 11.1. The van der Waals surface area contributed by atoms with Crippen LogP contribution in [-0.4, -0.2) is 25.7 Å². The summed E-state index contributed by atoms with van der Waals surface area (Å²) in [7, 11) is 0. The Labute approximate surface area is 131 Å². The van der Waals surface area contributed by atoms with E-state index in [2.05, 4.69) is 11.4 Å². The molecule has 1 aliphatic carbocycles. The summed E-state index contributed by atoms with van der Waals surface area (Å²) in [4.78, 5) is 12.0. The van der Waals surface area contributed by atoms with Crippen molar-refractivity contribution in [3.63, 3.8) is 0 Å². The lowest BCUT2D eigenvalue weighted by molar-refractivity contribution is -0.120. The van der Waals surface area contributed by atoms with E-state index < -0.39 is 0 Å². The van der Waals surface area contributed by atoms with Crippen molar-refractivity contribution in [1.82, 2.24) is 5.32 Å². The molecule has 1 aromatic carbocycles. The number of carbonyl (C=O) groups excluding carboxylic acids is 1. The van der Waals surface area contributed by atoms with E-state index >= 15 is 0 Å². The normalized spacial score (nSPS) is 16.8. The maximum Gasteiger partial charge on any atom is 0.220 e. The number of fused-ring (bicyclic) bond motifs is 1. The molecule has 4 nitrogen and oxygen atoms in total. The van der Waals surface area contributed by atoms with Crippen LogP contribution in [0.4, 0.5) is 0 Å². The second kappa shape index (κ2) is 7.34. The highest BCUT2D eigenvalue weighted by Crippen LogP contribution is 2.31. The molecule has 118 valence electrons. The SMILES string of the molecule is O=C(CCc1ccc2c(c1)OCCO2)NCC1=CCCCC1. The zero-order valence-electron chi connectivity index (χ0n) is 12.9. The Kier molecular flexibility index (Phi) is 4.99. The summed E-state index contributed by atoms with van der Waals surface area (Å²) in [6.45, 7) is 1.90. The minimum Gasteiger partial charge on any atom is -0.486 e. The number of carbonyl (C=O) groups is 1. The van der Waals surface area contributed by atoms with Crippen LogP contribution in [0.25, 0.3) is 0 Å². The van der Waals surface area contributed by atoms with Gasteiger partial charge in [-0.1, -0.05) is 17.7 Å². The molecule has 0 saturated heterocycles. The monoisotopic (exact) mass is 301 g/mol. The Bertz CT molecular complexity index is 565. The predicted octanol–water partition coefficient (Wildman–Crippen LogP) is 3.01. The molecule has 1 N–H and O–H groups in total. The van der Waals surface area contributed by atoms with Gasteiger partial charge in [0, 0.05) is 13.0 Å². The number of aryl methyl sites for hydroxylation is 1. The molecule has 0 spiro atoms. The van der Waals surface area contributed by atoms with Crippen molar-refractivity contribution in [3.8, 4) is 11.5 Å². The number of hydrogen-bond acceptors (Lipinski definition) is 3. The van der Waals surface area contributed by atoms with Crippen LogP contribution in [0.15, 0.2) is 29.8 Å². The average Bonchev–Trinajstić information content (AvgIpc) is 2.59. The molecule has 1 aromatic rings. The van der Waals surface area contributed by atoms with Crippen LogP contribution in [-0.2, 0) is 11.2 Å². The molecule has 1 heterocycles. The molecule has 0 saturated carbocycles. The number of benzene rings is 1. The van der Waals surface area contributed by atoms with Crippen molar-refractivity contribution in [2.75, 3.05) is 19.8 Å². The molecule has 0 atom stereocenters. The summed E-state index contributed by atoms with van der Waals surface area (Å²) in [6.07, 6.45) is 8.31. The third kappa shape index (κ3) is 4.03. The van der Waals surface area contributed by atoms with E-state index in [9.17, 15) is 4.79 Å². The van der Waals surface area contributed by atoms with Crippen molar-refractivity contribution < 1.29 is 14.3 Å². The van der Waals surface area contributed by atoms with Gasteiger partial charge < -0.3 is 14.8 Å². The zero-order chi connectivity index (χ0) is 15.2. The second-order valence-electron chi connectivity index (χ2n) is 5.86. The van der Waals surface area contributed by atoms with Gasteiger partial charge in [-0.05, 0) is 49.8 Å². The van der Waals surface area contributed by atoms with Gasteiger partial charge in [0.1, 0.15) is 13.2 Å². The number of hydrogen-bond donors (Lipinski definition) is 1. The predicted molar refractivity (Wildman–Crippen MR) is 85.3 cm³/mol. The summed E-state index contributed by atoms with van der Waals surface area (Å²) in [5.74, 6) is 1.70. The molecule has 3 rings (SSSR count). The first-order valence-electron chi connectivity index (χ1n) is 8.14. The van der Waals surface area contributed by atoms with Crippen LogP contribution in [0.5, 0.6) is 11.5 Å². The van der Waals surface area contributed by atoms with Crippen LogP contribution < -0.4 is 14.8 Å². The van der Waals surface area contributed by atoms with Gasteiger partial charge in [0.05, 0.1) is 0 Å². The van der Waals surface area contributed by atoms with E-state index in [4.69, 9.17) is 9.47 Å². The number of ether oxygens (including phenoxy) is 2. The van der Waals surface area contributed by atoms with Crippen molar-refractivity contribution in [1.29, 1.82) is 0 Å². The van der Waals surface area contributed by atoms with Crippen LogP contribution >= 0.6 is 0 Å². The fraction of sp³-hybridized carbons (Fsp3) is 0.500. The van der Waals surface area contributed by atoms with E-state index in [0.717, 1.165) is 36.3 Å². The van der Waals surface area contributed by atoms with Crippen LogP contribution in [0.2, 0.25) is 0 Å². The van der Waals surface area contributed by atoms with Crippen molar-refractivity contribution >= 4 is 5.91 Å². The molecule has 0 radical (unpaired) electrons. The fourth-order valence-electron chi connectivity index (χ4n) is 2.87. The molecule has 22 heavy (non-hydrogen) atoms. The van der Waals surface area contributed by atoms with E-state index in [-0.39, 0.29) is 5.91 Å². The molecule has 0 aromatic heterocycles. The van der Waals surface area contributed by atoms with E-state index in [1.54, 1.807) is 0 Å². The highest BCUT2D eigenvalue weighted by atomic mass is 16.6. The average molecular weight is 301 g/mol. The topological polar surface area (TPSA) is 47.6 Å². The van der Waals surface area contributed by atoms with E-state index in [1.807, 2.05) is 18.2 Å². The third-order valence-electron chi connectivity index (χ3n) is 4.14. The first kappa shape index (κ1) is 14.9. The minimum absolute atomic E-state index is 0.112. The smallest absolute Gasteiger partial charge is 0.220 e. The molecule has 1 amide bonds. The lowest BCUT2D eigenvalue weighted by Gasteiger charge is -2.18. The largest absolute Gasteiger partial charge is 0.486 e. The Morgan fingerprint density at radius 2 is 2.00 bits per heavy atom. The van der Waals surface area contributed by atoms with Gasteiger partial charge in [0.25, 0.3) is 0 Å². The molecule has 0 unspecified atom stereocenters. The van der Waals surface area contributed by atoms with Crippen LogP contribution in [0, 0.1) is 0 Å². The molecule has 1 aliphatic heterocycles. The first-order valence-corrected chi connectivity index (χ1v) is 8.14. The summed E-state index contributed by atoms with van der Waals surface area (Å²) in [5, 5.41) is 3.02. The molecule has 0 fully saturated rings. The second-order valence-corrected chi connectivity index (χ2v) is 5.86. The fourth-order valence-corrected chi connectivity index (χ4v) is 2.87. The van der Waals surface area contributed by atoms with Gasteiger partial charge in [0.2, 0.25) is 5.91 Å². The Balaban J connectivity index is 1.45. The number of rotatable bonds is 5. The van der Waals surface area contributed by atoms with Crippen molar-refractivity contribution in [2.24, 2.45) is 0 Å². The highest BCUT2D eigenvalue weighted by molar-refractivity contribution is 5.76. The molecular formula is C18H23NO3. The van der Waals surface area contributed by atoms with Gasteiger partial charge >= 0.3 is 0 Å². The van der Waals surface area contributed by atoms with Crippen molar-refractivity contribution in [3.05, 3.63) is 35.4 Å². The Morgan fingerprint density at radius 3 is 2.82 bits per heavy atom. The summed E-state index contributed by atoms with van der Waals surface area (Å²) in [5.41, 5.74) is 2.48. The van der Waals surface area contributed by atoms with E-state index in [0.29, 0.717) is 26.2 Å². The quantitative estimate of drug-likeness (QED) is 0.851. The van der Waals surface area contributed by atoms with Gasteiger partial charge in [-0.25, -0.2) is 0 Å². The number of nitrogens with one attached hydrogen (secondary N) is 1. The van der Waals surface area contributed by atoms with Crippen LogP contribution in [0.1, 0.15) is 37.7 Å². The maximum absolute atomic E-state index is 12.0. The number of amides is 1. The molecule has 4 heteroatoms. The van der Waals surface area contributed by atoms with Gasteiger partial charge in [-0.3, -0.25) is 4.79 Å². The Hall–Kier alpha value is -1.97. The highest BCUT2D eigenvalue weighted by Gasteiger charge is 2.12. The van der Waals surface area contributed by atoms with Gasteiger partial charge in [0.15, 0.2) is 11.5 Å². The lowest BCUT2D eigenvalue weighted by Crippen LogP contribution is -2.26. The molecular weight excluding hydrogens is 278 g/mol.